The number of amides is 2. The third-order valence-electron chi connectivity index (χ3n) is 5.03. The number of benzene rings is 3. The minimum absolute atomic E-state index is 0.0167. The molecule has 3 rings (SSSR count). The maximum absolute atomic E-state index is 13.7. The van der Waals surface area contributed by atoms with Gasteiger partial charge in [0.2, 0.25) is 5.91 Å². The molecule has 2 amide bonds. The van der Waals surface area contributed by atoms with Gasteiger partial charge >= 0.3 is 5.97 Å². The van der Waals surface area contributed by atoms with E-state index < -0.39 is 24.3 Å². The molecule has 0 bridgehead atoms. The number of carbonyl (C=O) groups is 3. The zero-order valence-corrected chi connectivity index (χ0v) is 19.4. The molecule has 3 aromatic carbocycles. The number of hydrogen-bond donors (Lipinski definition) is 2. The fourth-order valence-corrected chi connectivity index (χ4v) is 3.17. The number of para-hydroxylation sites is 2. The highest BCUT2D eigenvalue weighted by atomic mass is 19.1. The molecule has 0 fully saturated rings. The Morgan fingerprint density at radius 2 is 1.60 bits per heavy atom. The summed E-state index contributed by atoms with van der Waals surface area (Å²) in [4.78, 5) is 36.6. The van der Waals surface area contributed by atoms with E-state index in [2.05, 4.69) is 10.6 Å². The molecule has 0 aromatic heterocycles. The molecule has 2 N–H and O–H groups in total. The van der Waals surface area contributed by atoms with Crippen LogP contribution in [0, 0.1) is 12.7 Å². The van der Waals surface area contributed by atoms with Crippen molar-refractivity contribution in [2.24, 2.45) is 0 Å². The molecule has 182 valence electrons. The second kappa shape index (κ2) is 12.9. The standard InChI is InChI=1S/C27H27FN2O5/c1-19-10-12-20(13-11-19)14-15-25(31)29-16-17-34-27(33)21-6-2-5-9-24(21)35-18-26(32)30-23-8-4-3-7-22(23)28/h2-13H,14-18H2,1H3,(H,29,31)(H,30,32). The number of aryl methyl sites for hydroxylation is 2. The molecule has 0 heterocycles. The van der Waals surface area contributed by atoms with Crippen molar-refractivity contribution in [1.29, 1.82) is 0 Å². The Morgan fingerprint density at radius 3 is 2.37 bits per heavy atom. The molecule has 35 heavy (non-hydrogen) atoms. The van der Waals surface area contributed by atoms with Crippen molar-refractivity contribution in [2.75, 3.05) is 25.1 Å². The monoisotopic (exact) mass is 478 g/mol. The first kappa shape index (κ1) is 25.4. The molecule has 0 aliphatic heterocycles. The van der Waals surface area contributed by atoms with Crippen molar-refractivity contribution < 1.29 is 28.2 Å². The summed E-state index contributed by atoms with van der Waals surface area (Å²) in [6, 6.07) is 20.1. The van der Waals surface area contributed by atoms with Crippen molar-refractivity contribution in [3.8, 4) is 5.75 Å². The van der Waals surface area contributed by atoms with Gasteiger partial charge in [0.25, 0.3) is 5.91 Å². The normalized spacial score (nSPS) is 10.3. The number of ether oxygens (including phenoxy) is 2. The lowest BCUT2D eigenvalue weighted by atomic mass is 10.1. The van der Waals surface area contributed by atoms with E-state index in [1.165, 1.54) is 30.3 Å². The zero-order chi connectivity index (χ0) is 25.0. The fourth-order valence-electron chi connectivity index (χ4n) is 3.17. The molecule has 0 radical (unpaired) electrons. The lowest BCUT2D eigenvalue weighted by Crippen LogP contribution is -2.28. The molecule has 0 saturated heterocycles. The minimum Gasteiger partial charge on any atom is -0.483 e. The van der Waals surface area contributed by atoms with Gasteiger partial charge in [0.15, 0.2) is 6.61 Å². The van der Waals surface area contributed by atoms with Crippen LogP contribution < -0.4 is 15.4 Å². The fraction of sp³-hybridized carbons (Fsp3) is 0.222. The summed E-state index contributed by atoms with van der Waals surface area (Å²) < 4.78 is 24.4. The van der Waals surface area contributed by atoms with Crippen LogP contribution in [-0.2, 0) is 20.7 Å². The lowest BCUT2D eigenvalue weighted by molar-refractivity contribution is -0.121. The molecule has 0 aliphatic rings. The summed E-state index contributed by atoms with van der Waals surface area (Å²) in [5.74, 6) is -1.77. The average Bonchev–Trinajstić information content (AvgIpc) is 2.86. The Balaban J connectivity index is 1.41. The van der Waals surface area contributed by atoms with Crippen molar-refractivity contribution in [1.82, 2.24) is 5.32 Å². The number of halogens is 1. The molecular formula is C27H27FN2O5. The largest absolute Gasteiger partial charge is 0.483 e. The molecule has 7 nitrogen and oxygen atoms in total. The molecule has 0 atom stereocenters. The van der Waals surface area contributed by atoms with Gasteiger partial charge in [-0.1, -0.05) is 54.1 Å². The van der Waals surface area contributed by atoms with Gasteiger partial charge in [0.05, 0.1) is 12.2 Å². The van der Waals surface area contributed by atoms with Crippen molar-refractivity contribution in [2.45, 2.75) is 19.8 Å². The van der Waals surface area contributed by atoms with E-state index in [4.69, 9.17) is 9.47 Å². The molecular weight excluding hydrogens is 451 g/mol. The third-order valence-corrected chi connectivity index (χ3v) is 5.03. The van der Waals surface area contributed by atoms with Crippen LogP contribution in [0.4, 0.5) is 10.1 Å². The van der Waals surface area contributed by atoms with Crippen LogP contribution in [0.5, 0.6) is 5.75 Å². The smallest absolute Gasteiger partial charge is 0.341 e. The van der Waals surface area contributed by atoms with Crippen LogP contribution in [0.3, 0.4) is 0 Å². The van der Waals surface area contributed by atoms with Gasteiger partial charge in [-0.3, -0.25) is 9.59 Å². The summed E-state index contributed by atoms with van der Waals surface area (Å²) in [6.07, 6.45) is 0.962. The van der Waals surface area contributed by atoms with E-state index in [0.717, 1.165) is 11.1 Å². The van der Waals surface area contributed by atoms with E-state index in [1.54, 1.807) is 18.2 Å². The van der Waals surface area contributed by atoms with Crippen molar-refractivity contribution >= 4 is 23.5 Å². The summed E-state index contributed by atoms with van der Waals surface area (Å²) in [5, 5.41) is 5.13. The van der Waals surface area contributed by atoms with Crippen LogP contribution in [-0.4, -0.2) is 37.5 Å². The maximum Gasteiger partial charge on any atom is 0.341 e. The number of esters is 1. The maximum atomic E-state index is 13.7. The second-order valence-corrected chi connectivity index (χ2v) is 7.78. The predicted octanol–water partition coefficient (Wildman–Crippen LogP) is 4.06. The number of rotatable bonds is 11. The Hall–Kier alpha value is -4.20. The Labute approximate surface area is 203 Å². The quantitative estimate of drug-likeness (QED) is 0.320. The lowest BCUT2D eigenvalue weighted by Gasteiger charge is -2.12. The number of nitrogens with one attached hydrogen (secondary N) is 2. The van der Waals surface area contributed by atoms with Crippen LogP contribution in [0.25, 0.3) is 0 Å². The van der Waals surface area contributed by atoms with Gasteiger partial charge in [-0.2, -0.15) is 0 Å². The predicted molar refractivity (Wildman–Crippen MR) is 130 cm³/mol. The summed E-state index contributed by atoms with van der Waals surface area (Å²) in [7, 11) is 0. The van der Waals surface area contributed by atoms with Gasteiger partial charge in [0.1, 0.15) is 23.7 Å². The topological polar surface area (TPSA) is 93.7 Å². The molecule has 0 unspecified atom stereocenters. The minimum atomic E-state index is -0.649. The molecule has 0 aliphatic carbocycles. The van der Waals surface area contributed by atoms with E-state index >= 15 is 0 Å². The van der Waals surface area contributed by atoms with E-state index in [1.807, 2.05) is 31.2 Å². The van der Waals surface area contributed by atoms with Crippen LogP contribution >= 0.6 is 0 Å². The van der Waals surface area contributed by atoms with Crippen LogP contribution in [0.1, 0.15) is 27.9 Å². The summed E-state index contributed by atoms with van der Waals surface area (Å²) in [5.41, 5.74) is 2.42. The van der Waals surface area contributed by atoms with Crippen molar-refractivity contribution in [3.05, 3.63) is 95.3 Å². The number of hydrogen-bond acceptors (Lipinski definition) is 5. The highest BCUT2D eigenvalue weighted by Crippen LogP contribution is 2.19. The number of anilines is 1. The van der Waals surface area contributed by atoms with E-state index in [-0.39, 0.29) is 36.1 Å². The Morgan fingerprint density at radius 1 is 0.886 bits per heavy atom. The summed E-state index contributed by atoms with van der Waals surface area (Å²) in [6.45, 7) is 1.74. The zero-order valence-electron chi connectivity index (χ0n) is 19.4. The van der Waals surface area contributed by atoms with Crippen molar-refractivity contribution in [3.63, 3.8) is 0 Å². The van der Waals surface area contributed by atoms with Gasteiger partial charge in [-0.05, 0) is 43.2 Å². The third kappa shape index (κ3) is 8.26. The van der Waals surface area contributed by atoms with E-state index in [9.17, 15) is 18.8 Å². The van der Waals surface area contributed by atoms with E-state index in [0.29, 0.717) is 12.8 Å². The Bertz CT molecular complexity index is 1160. The SMILES string of the molecule is Cc1ccc(CCC(=O)NCCOC(=O)c2ccccc2OCC(=O)Nc2ccccc2F)cc1. The second-order valence-electron chi connectivity index (χ2n) is 7.78. The molecule has 0 saturated carbocycles. The highest BCUT2D eigenvalue weighted by Gasteiger charge is 2.15. The molecule has 0 spiro atoms. The first-order valence-electron chi connectivity index (χ1n) is 11.2. The summed E-state index contributed by atoms with van der Waals surface area (Å²) >= 11 is 0. The van der Waals surface area contributed by atoms with Gasteiger partial charge in [-0.25, -0.2) is 9.18 Å². The first-order chi connectivity index (χ1) is 16.9. The molecule has 8 heteroatoms. The average molecular weight is 479 g/mol. The first-order valence-corrected chi connectivity index (χ1v) is 11.2. The van der Waals surface area contributed by atoms with Crippen LogP contribution in [0.15, 0.2) is 72.8 Å². The van der Waals surface area contributed by atoms with Gasteiger partial charge in [-0.15, -0.1) is 0 Å². The van der Waals surface area contributed by atoms with Gasteiger partial charge in [0, 0.05) is 6.42 Å². The number of carbonyl (C=O) groups excluding carboxylic acids is 3. The van der Waals surface area contributed by atoms with Crippen LogP contribution in [0.2, 0.25) is 0 Å². The molecule has 3 aromatic rings. The highest BCUT2D eigenvalue weighted by molar-refractivity contribution is 5.94. The Kier molecular flexibility index (Phi) is 9.36. The van der Waals surface area contributed by atoms with Gasteiger partial charge < -0.3 is 20.1 Å².